The van der Waals surface area contributed by atoms with Crippen LogP contribution >= 0.6 is 0 Å². The van der Waals surface area contributed by atoms with Crippen LogP contribution in [0.5, 0.6) is 11.5 Å². The van der Waals surface area contributed by atoms with Gasteiger partial charge in [0.15, 0.2) is 11.5 Å². The topological polar surface area (TPSA) is 207 Å². The zero-order chi connectivity index (χ0) is 17.4. The molecular formula is C12H15NO9-2. The number of aliphatic hydroxyl groups excluding tert-OH is 3. The van der Waals surface area contributed by atoms with Crippen molar-refractivity contribution in [3.05, 3.63) is 23.8 Å². The SMILES string of the molecule is NCC(O)c1ccc(O)c(O)c1.O=C([O-])[C@H](O)[C@@H](O)C(=O)[O-]. The first kappa shape index (κ1) is 19.6. The first-order valence-corrected chi connectivity index (χ1v) is 5.79. The Morgan fingerprint density at radius 2 is 1.45 bits per heavy atom. The largest absolute Gasteiger partial charge is 0.547 e. The van der Waals surface area contributed by atoms with E-state index in [0.29, 0.717) is 5.56 Å². The lowest BCUT2D eigenvalue weighted by atomic mass is 10.1. The van der Waals surface area contributed by atoms with Crippen molar-refractivity contribution in [2.75, 3.05) is 6.54 Å². The summed E-state index contributed by atoms with van der Waals surface area (Å²) in [7, 11) is 0. The molecule has 0 fully saturated rings. The van der Waals surface area contributed by atoms with Gasteiger partial charge in [-0.25, -0.2) is 0 Å². The summed E-state index contributed by atoms with van der Waals surface area (Å²) in [5.74, 6) is -4.57. The maximum absolute atomic E-state index is 9.63. The van der Waals surface area contributed by atoms with Crippen molar-refractivity contribution >= 4 is 11.9 Å². The number of phenolic OH excluding ortho intramolecular Hbond substituents is 2. The van der Waals surface area contributed by atoms with E-state index in [-0.39, 0.29) is 18.0 Å². The number of carbonyl (C=O) groups excluding carboxylic acids is 2. The molecule has 1 aromatic rings. The quantitative estimate of drug-likeness (QED) is 0.286. The number of nitrogens with two attached hydrogens (primary N) is 1. The first-order valence-electron chi connectivity index (χ1n) is 5.79. The number of hydrogen-bond donors (Lipinski definition) is 6. The van der Waals surface area contributed by atoms with Gasteiger partial charge in [-0.3, -0.25) is 0 Å². The van der Waals surface area contributed by atoms with Gasteiger partial charge in [-0.05, 0) is 17.7 Å². The Balaban J connectivity index is 0.000000409. The molecule has 10 heteroatoms. The molecule has 0 aromatic heterocycles. The summed E-state index contributed by atoms with van der Waals surface area (Å²) in [6.07, 6.45) is -5.67. The predicted molar refractivity (Wildman–Crippen MR) is 65.8 cm³/mol. The number of phenols is 2. The fraction of sp³-hybridized carbons (Fsp3) is 0.333. The average molecular weight is 317 g/mol. The molecule has 1 unspecified atom stereocenters. The lowest BCUT2D eigenvalue weighted by Gasteiger charge is -2.18. The highest BCUT2D eigenvalue weighted by atomic mass is 16.4. The van der Waals surface area contributed by atoms with E-state index >= 15 is 0 Å². The van der Waals surface area contributed by atoms with Crippen LogP contribution in [-0.4, -0.2) is 56.2 Å². The van der Waals surface area contributed by atoms with E-state index in [2.05, 4.69) is 0 Å². The number of carboxylic acids is 2. The molecule has 0 aliphatic rings. The van der Waals surface area contributed by atoms with E-state index < -0.39 is 30.3 Å². The lowest BCUT2D eigenvalue weighted by Crippen LogP contribution is -2.51. The summed E-state index contributed by atoms with van der Waals surface area (Å²) in [6, 6.07) is 4.10. The van der Waals surface area contributed by atoms with Crippen LogP contribution in [0.1, 0.15) is 11.7 Å². The van der Waals surface area contributed by atoms with Crippen LogP contribution in [0.2, 0.25) is 0 Å². The van der Waals surface area contributed by atoms with Crippen molar-refractivity contribution in [3.8, 4) is 11.5 Å². The normalized spacial score (nSPS) is 14.2. The number of aliphatic hydroxyl groups is 3. The van der Waals surface area contributed by atoms with Crippen molar-refractivity contribution in [3.63, 3.8) is 0 Å². The highest BCUT2D eigenvalue weighted by molar-refractivity contribution is 5.80. The van der Waals surface area contributed by atoms with Crippen LogP contribution in [0.25, 0.3) is 0 Å². The Labute approximate surface area is 124 Å². The second kappa shape index (κ2) is 8.79. The summed E-state index contributed by atoms with van der Waals surface area (Å²) in [6.45, 7) is 0.0875. The number of rotatable bonds is 5. The third-order valence-corrected chi connectivity index (χ3v) is 2.39. The van der Waals surface area contributed by atoms with Gasteiger partial charge in [-0.15, -0.1) is 0 Å². The van der Waals surface area contributed by atoms with Crippen molar-refractivity contribution < 1.29 is 45.3 Å². The molecule has 124 valence electrons. The number of aromatic hydroxyl groups is 2. The van der Waals surface area contributed by atoms with Gasteiger partial charge < -0.3 is 51.1 Å². The molecule has 0 saturated carbocycles. The average Bonchev–Trinajstić information content (AvgIpc) is 2.48. The zero-order valence-electron chi connectivity index (χ0n) is 11.1. The number of carboxylic acid groups (broad SMARTS) is 2. The van der Waals surface area contributed by atoms with E-state index in [1.54, 1.807) is 0 Å². The zero-order valence-corrected chi connectivity index (χ0v) is 11.1. The van der Waals surface area contributed by atoms with Crippen LogP contribution in [0.15, 0.2) is 18.2 Å². The number of carbonyl (C=O) groups is 2. The van der Waals surface area contributed by atoms with Crippen molar-refractivity contribution in [1.82, 2.24) is 0 Å². The van der Waals surface area contributed by atoms with Gasteiger partial charge >= 0.3 is 0 Å². The van der Waals surface area contributed by atoms with E-state index in [4.69, 9.17) is 26.2 Å². The molecule has 1 aromatic carbocycles. The van der Waals surface area contributed by atoms with Gasteiger partial charge in [-0.2, -0.15) is 0 Å². The molecule has 0 aliphatic heterocycles. The minimum atomic E-state index is -2.44. The summed E-state index contributed by atoms with van der Waals surface area (Å²) < 4.78 is 0. The fourth-order valence-electron chi connectivity index (χ4n) is 1.14. The van der Waals surface area contributed by atoms with E-state index in [1.165, 1.54) is 18.2 Å². The van der Waals surface area contributed by atoms with E-state index in [0.717, 1.165) is 0 Å². The molecular weight excluding hydrogens is 302 g/mol. The van der Waals surface area contributed by atoms with Crippen molar-refractivity contribution in [1.29, 1.82) is 0 Å². The van der Waals surface area contributed by atoms with Crippen molar-refractivity contribution in [2.24, 2.45) is 5.73 Å². The Morgan fingerprint density at radius 1 is 1.00 bits per heavy atom. The van der Waals surface area contributed by atoms with Gasteiger partial charge in [0, 0.05) is 6.54 Å². The maximum atomic E-state index is 9.63. The molecule has 0 bridgehead atoms. The first-order chi connectivity index (χ1) is 10.1. The Hall–Kier alpha value is -2.40. The molecule has 3 atom stereocenters. The predicted octanol–water partition coefficient (Wildman–Crippen LogP) is -4.70. The summed E-state index contributed by atoms with van der Waals surface area (Å²) in [5, 5.41) is 62.9. The molecule has 0 heterocycles. The van der Waals surface area contributed by atoms with Crippen LogP contribution in [0, 0.1) is 0 Å². The summed E-state index contributed by atoms with van der Waals surface area (Å²) in [4.78, 5) is 19.3. The smallest absolute Gasteiger partial charge is 0.157 e. The Morgan fingerprint density at radius 3 is 1.77 bits per heavy atom. The van der Waals surface area contributed by atoms with Crippen LogP contribution in [0.4, 0.5) is 0 Å². The molecule has 22 heavy (non-hydrogen) atoms. The molecule has 7 N–H and O–H groups in total. The monoisotopic (exact) mass is 317 g/mol. The van der Waals surface area contributed by atoms with Gasteiger partial charge in [0.2, 0.25) is 0 Å². The molecule has 0 aliphatic carbocycles. The number of hydrogen-bond acceptors (Lipinski definition) is 10. The number of aliphatic carboxylic acids is 2. The minimum Gasteiger partial charge on any atom is -0.547 e. The fourth-order valence-corrected chi connectivity index (χ4v) is 1.14. The lowest BCUT2D eigenvalue weighted by molar-refractivity contribution is -0.333. The Kier molecular flexibility index (Phi) is 7.83. The second-order valence-corrected chi connectivity index (χ2v) is 4.03. The molecule has 0 radical (unpaired) electrons. The van der Waals surface area contributed by atoms with E-state index in [9.17, 15) is 24.9 Å². The van der Waals surface area contributed by atoms with Gasteiger partial charge in [0.25, 0.3) is 0 Å². The Bertz CT molecular complexity index is 501. The van der Waals surface area contributed by atoms with Gasteiger partial charge in [0.1, 0.15) is 12.2 Å². The molecule has 0 amide bonds. The standard InChI is InChI=1S/C8H11NO3.C4H6O6/c9-4-8(12)5-1-2-6(10)7(11)3-5;5-1(3(7)8)2(6)4(9)10/h1-3,8,10-12H,4,9H2;1-2,5-6H,(H,7,8)(H,9,10)/p-2/t;1-,2-/m.1/s1. The minimum absolute atomic E-state index is 0.0875. The maximum Gasteiger partial charge on any atom is 0.157 e. The summed E-state index contributed by atoms with van der Waals surface area (Å²) >= 11 is 0. The second-order valence-electron chi connectivity index (χ2n) is 4.03. The highest BCUT2D eigenvalue weighted by Gasteiger charge is 2.17. The van der Waals surface area contributed by atoms with Crippen molar-refractivity contribution in [2.45, 2.75) is 18.3 Å². The molecule has 10 nitrogen and oxygen atoms in total. The highest BCUT2D eigenvalue weighted by Crippen LogP contribution is 2.27. The van der Waals surface area contributed by atoms with Crippen LogP contribution in [0.3, 0.4) is 0 Å². The third-order valence-electron chi connectivity index (χ3n) is 2.39. The molecule has 0 saturated heterocycles. The summed E-state index contributed by atoms with van der Waals surface area (Å²) in [5.41, 5.74) is 5.69. The van der Waals surface area contributed by atoms with Crippen LogP contribution < -0.4 is 15.9 Å². The third kappa shape index (κ3) is 5.93. The van der Waals surface area contributed by atoms with E-state index in [1.807, 2.05) is 0 Å². The molecule has 0 spiro atoms. The van der Waals surface area contributed by atoms with Crippen LogP contribution in [-0.2, 0) is 9.59 Å². The number of benzene rings is 1. The van der Waals surface area contributed by atoms with Gasteiger partial charge in [-0.1, -0.05) is 6.07 Å². The molecule has 1 rings (SSSR count). The van der Waals surface area contributed by atoms with Gasteiger partial charge in [0.05, 0.1) is 18.0 Å².